The lowest BCUT2D eigenvalue weighted by molar-refractivity contribution is -0.116. The van der Waals surface area contributed by atoms with Crippen LogP contribution in [0.3, 0.4) is 0 Å². The van der Waals surface area contributed by atoms with E-state index < -0.39 is 0 Å². The van der Waals surface area contributed by atoms with Crippen LogP contribution in [0.15, 0.2) is 11.1 Å². The first-order valence-corrected chi connectivity index (χ1v) is 10.2. The molecule has 0 heterocycles. The number of hydrogen-bond acceptors (Lipinski definition) is 1. The highest BCUT2D eigenvalue weighted by molar-refractivity contribution is 5.27. The maximum atomic E-state index is 10.1. The van der Waals surface area contributed by atoms with E-state index in [1.54, 1.807) is 5.57 Å². The second-order valence-corrected chi connectivity index (χ2v) is 10.1. The van der Waals surface area contributed by atoms with E-state index in [1.807, 2.05) is 5.57 Å². The van der Waals surface area contributed by atoms with Crippen molar-refractivity contribution in [3.63, 3.8) is 0 Å². The summed E-state index contributed by atoms with van der Waals surface area (Å²) in [5.74, 6) is 3.63. The number of allylic oxidation sites excluding steroid dienone is 2. The molecule has 0 spiro atoms. The van der Waals surface area contributed by atoms with Crippen molar-refractivity contribution in [2.75, 3.05) is 0 Å². The Labute approximate surface area is 142 Å². The molecule has 130 valence electrons. The van der Waals surface area contributed by atoms with Crippen LogP contribution in [0.5, 0.6) is 0 Å². The highest BCUT2D eigenvalue weighted by atomic mass is 16.3. The minimum Gasteiger partial charge on any atom is -0.393 e. The van der Waals surface area contributed by atoms with Gasteiger partial charge >= 0.3 is 0 Å². The van der Waals surface area contributed by atoms with Crippen molar-refractivity contribution < 1.29 is 5.11 Å². The van der Waals surface area contributed by atoms with Gasteiger partial charge in [0.2, 0.25) is 0 Å². The van der Waals surface area contributed by atoms with E-state index in [9.17, 15) is 5.11 Å². The molecule has 0 aromatic heterocycles. The van der Waals surface area contributed by atoms with Gasteiger partial charge in [0, 0.05) is 0 Å². The standard InChI is InChI=1S/C22H36O/c1-14(2)18-7-8-19-17-6-5-15-13-16(23)9-11-21(15,3)20(17)10-12-22(18,19)4/h15-17,19-20,23H,5-13H2,1-4H3/t15-,16+,17-,19-,20-,21-,22+/m0/s1. The van der Waals surface area contributed by atoms with E-state index in [-0.39, 0.29) is 6.10 Å². The predicted molar refractivity (Wildman–Crippen MR) is 96.1 cm³/mol. The summed E-state index contributed by atoms with van der Waals surface area (Å²) in [5, 5.41) is 10.1. The summed E-state index contributed by atoms with van der Waals surface area (Å²) in [7, 11) is 0. The molecule has 1 nitrogen and oxygen atoms in total. The van der Waals surface area contributed by atoms with Gasteiger partial charge < -0.3 is 5.11 Å². The topological polar surface area (TPSA) is 20.2 Å². The van der Waals surface area contributed by atoms with Gasteiger partial charge in [0.15, 0.2) is 0 Å². The van der Waals surface area contributed by atoms with E-state index in [0.717, 1.165) is 36.5 Å². The molecule has 4 aliphatic carbocycles. The van der Waals surface area contributed by atoms with E-state index in [2.05, 4.69) is 27.7 Å². The van der Waals surface area contributed by atoms with Gasteiger partial charge in [-0.3, -0.25) is 0 Å². The lowest BCUT2D eigenvalue weighted by atomic mass is 9.45. The zero-order valence-corrected chi connectivity index (χ0v) is 15.7. The molecule has 1 heteroatoms. The number of aliphatic hydroxyl groups excluding tert-OH is 1. The molecule has 0 aliphatic heterocycles. The third-order valence-corrected chi connectivity index (χ3v) is 9.03. The van der Waals surface area contributed by atoms with Crippen LogP contribution in [0.1, 0.15) is 85.5 Å². The quantitative estimate of drug-likeness (QED) is 0.566. The summed E-state index contributed by atoms with van der Waals surface area (Å²) in [4.78, 5) is 0. The molecule has 0 aromatic carbocycles. The normalized spacial score (nSPS) is 52.6. The molecule has 4 aliphatic rings. The van der Waals surface area contributed by atoms with Crippen LogP contribution in [0.4, 0.5) is 0 Å². The fourth-order valence-electron chi connectivity index (χ4n) is 7.87. The smallest absolute Gasteiger partial charge is 0.0543 e. The van der Waals surface area contributed by atoms with E-state index in [1.165, 1.54) is 44.9 Å². The Bertz CT molecular complexity index is 516. The van der Waals surface area contributed by atoms with Crippen LogP contribution < -0.4 is 0 Å². The van der Waals surface area contributed by atoms with Gasteiger partial charge in [0.25, 0.3) is 0 Å². The summed E-state index contributed by atoms with van der Waals surface area (Å²) in [6.07, 6.45) is 11.9. The summed E-state index contributed by atoms with van der Waals surface area (Å²) in [6, 6.07) is 0. The number of fused-ring (bicyclic) bond motifs is 5. The monoisotopic (exact) mass is 316 g/mol. The molecule has 1 N–H and O–H groups in total. The van der Waals surface area contributed by atoms with Crippen LogP contribution in [0, 0.1) is 34.5 Å². The maximum Gasteiger partial charge on any atom is 0.0543 e. The van der Waals surface area contributed by atoms with E-state index in [4.69, 9.17) is 0 Å². The minimum atomic E-state index is -0.0118. The fourth-order valence-corrected chi connectivity index (χ4v) is 7.87. The Kier molecular flexibility index (Phi) is 3.76. The molecule has 0 bridgehead atoms. The summed E-state index contributed by atoms with van der Waals surface area (Å²) < 4.78 is 0. The Balaban J connectivity index is 1.64. The first-order chi connectivity index (χ1) is 10.9. The highest BCUT2D eigenvalue weighted by Gasteiger charge is 2.58. The van der Waals surface area contributed by atoms with Crippen LogP contribution in [0.2, 0.25) is 0 Å². The van der Waals surface area contributed by atoms with Gasteiger partial charge in [0.1, 0.15) is 0 Å². The largest absolute Gasteiger partial charge is 0.393 e. The Morgan fingerprint density at radius 3 is 2.48 bits per heavy atom. The number of rotatable bonds is 0. The molecule has 0 radical (unpaired) electrons. The molecule has 4 rings (SSSR count). The Morgan fingerprint density at radius 2 is 1.74 bits per heavy atom. The van der Waals surface area contributed by atoms with Crippen molar-refractivity contribution in [3.8, 4) is 0 Å². The van der Waals surface area contributed by atoms with Crippen LogP contribution in [-0.2, 0) is 0 Å². The van der Waals surface area contributed by atoms with Crippen molar-refractivity contribution in [1.29, 1.82) is 0 Å². The molecule has 0 saturated heterocycles. The summed E-state index contributed by atoms with van der Waals surface area (Å²) >= 11 is 0. The van der Waals surface area contributed by atoms with Crippen LogP contribution in [-0.4, -0.2) is 11.2 Å². The second kappa shape index (κ2) is 5.35. The minimum absolute atomic E-state index is 0.0118. The first-order valence-electron chi connectivity index (χ1n) is 10.2. The third kappa shape index (κ3) is 2.21. The average Bonchev–Trinajstić information content (AvgIpc) is 2.85. The van der Waals surface area contributed by atoms with Crippen molar-refractivity contribution in [3.05, 3.63) is 11.1 Å². The SMILES string of the molecule is CC(C)=C1CC[C@H]2[C@@H]3CC[C@H]4C[C@H](O)CC[C@]4(C)[C@H]3CC[C@]12C. The molecule has 0 aromatic rings. The van der Waals surface area contributed by atoms with Crippen LogP contribution >= 0.6 is 0 Å². The molecule has 7 atom stereocenters. The number of aliphatic hydroxyl groups is 1. The predicted octanol–water partition coefficient (Wildman–Crippen LogP) is 5.73. The Hall–Kier alpha value is -0.300. The fraction of sp³-hybridized carbons (Fsp3) is 0.909. The summed E-state index contributed by atoms with van der Waals surface area (Å²) in [5.41, 5.74) is 4.45. The second-order valence-electron chi connectivity index (χ2n) is 10.1. The molecule has 4 saturated carbocycles. The lowest BCUT2D eigenvalue weighted by Gasteiger charge is -2.60. The Morgan fingerprint density at radius 1 is 0.957 bits per heavy atom. The molecule has 23 heavy (non-hydrogen) atoms. The van der Waals surface area contributed by atoms with Gasteiger partial charge in [-0.25, -0.2) is 0 Å². The maximum absolute atomic E-state index is 10.1. The third-order valence-electron chi connectivity index (χ3n) is 9.03. The molecule has 4 fully saturated rings. The molecular formula is C22H36O. The zero-order chi connectivity index (χ0) is 16.4. The van der Waals surface area contributed by atoms with Crippen molar-refractivity contribution in [1.82, 2.24) is 0 Å². The van der Waals surface area contributed by atoms with Crippen molar-refractivity contribution in [2.45, 2.75) is 91.6 Å². The number of hydrogen-bond donors (Lipinski definition) is 1. The van der Waals surface area contributed by atoms with Gasteiger partial charge in [-0.2, -0.15) is 0 Å². The lowest BCUT2D eigenvalue weighted by Crippen LogP contribution is -2.53. The van der Waals surface area contributed by atoms with E-state index >= 15 is 0 Å². The van der Waals surface area contributed by atoms with Gasteiger partial charge in [-0.15, -0.1) is 0 Å². The van der Waals surface area contributed by atoms with Gasteiger partial charge in [-0.1, -0.05) is 25.0 Å². The van der Waals surface area contributed by atoms with E-state index in [0.29, 0.717) is 10.8 Å². The molecule has 0 amide bonds. The first kappa shape index (κ1) is 16.2. The van der Waals surface area contributed by atoms with Crippen molar-refractivity contribution >= 4 is 0 Å². The zero-order valence-electron chi connectivity index (χ0n) is 15.7. The molecule has 0 unspecified atom stereocenters. The van der Waals surface area contributed by atoms with Crippen molar-refractivity contribution in [2.24, 2.45) is 34.5 Å². The van der Waals surface area contributed by atoms with Gasteiger partial charge in [0.05, 0.1) is 6.10 Å². The average molecular weight is 317 g/mol. The summed E-state index contributed by atoms with van der Waals surface area (Å²) in [6.45, 7) is 9.88. The molecular weight excluding hydrogens is 280 g/mol. The van der Waals surface area contributed by atoms with Gasteiger partial charge in [-0.05, 0) is 106 Å². The van der Waals surface area contributed by atoms with Crippen LogP contribution in [0.25, 0.3) is 0 Å². The highest BCUT2D eigenvalue weighted by Crippen LogP contribution is 2.67.